The van der Waals surface area contributed by atoms with Crippen molar-refractivity contribution < 1.29 is 9.53 Å². The van der Waals surface area contributed by atoms with E-state index in [1.807, 2.05) is 0 Å². The Morgan fingerprint density at radius 1 is 1.53 bits per heavy atom. The zero-order chi connectivity index (χ0) is 12.3. The molecule has 2 aliphatic heterocycles. The minimum atomic E-state index is -0.118. The molecule has 2 heterocycles. The number of hydrogen-bond acceptors (Lipinski definition) is 4. The molecule has 3 unspecified atom stereocenters. The fourth-order valence-electron chi connectivity index (χ4n) is 2.93. The van der Waals surface area contributed by atoms with Crippen molar-refractivity contribution in [2.75, 3.05) is 39.9 Å². The SMILES string of the molecule is CCC1CNCC1N1CCOCC1C(=O)NC. The van der Waals surface area contributed by atoms with Crippen molar-refractivity contribution in [2.45, 2.75) is 25.4 Å². The van der Waals surface area contributed by atoms with Gasteiger partial charge in [0.1, 0.15) is 6.04 Å². The summed E-state index contributed by atoms with van der Waals surface area (Å²) >= 11 is 0. The molecule has 0 aromatic heterocycles. The molecule has 5 heteroatoms. The summed E-state index contributed by atoms with van der Waals surface area (Å²) in [5.74, 6) is 0.728. The number of likely N-dealkylation sites (N-methyl/N-ethyl adjacent to an activating group) is 1. The summed E-state index contributed by atoms with van der Waals surface area (Å²) in [6.07, 6.45) is 1.16. The molecule has 2 N–H and O–H groups in total. The largest absolute Gasteiger partial charge is 0.378 e. The Kier molecular flexibility index (Phi) is 4.36. The van der Waals surface area contributed by atoms with E-state index in [4.69, 9.17) is 4.74 Å². The average molecular weight is 241 g/mol. The second-order valence-electron chi connectivity index (χ2n) is 4.84. The van der Waals surface area contributed by atoms with E-state index in [9.17, 15) is 4.79 Å². The fourth-order valence-corrected chi connectivity index (χ4v) is 2.93. The lowest BCUT2D eigenvalue weighted by Crippen LogP contribution is -2.58. The Labute approximate surface area is 103 Å². The highest BCUT2D eigenvalue weighted by molar-refractivity contribution is 5.81. The van der Waals surface area contributed by atoms with E-state index < -0.39 is 0 Å². The highest BCUT2D eigenvalue weighted by atomic mass is 16.5. The van der Waals surface area contributed by atoms with Crippen LogP contribution in [0.15, 0.2) is 0 Å². The topological polar surface area (TPSA) is 53.6 Å². The van der Waals surface area contributed by atoms with Gasteiger partial charge in [-0.1, -0.05) is 13.3 Å². The molecule has 2 fully saturated rings. The standard InChI is InChI=1S/C12H23N3O2/c1-3-9-6-14-7-10(9)15-4-5-17-8-11(15)12(16)13-2/h9-11,14H,3-8H2,1-2H3,(H,13,16). The van der Waals surface area contributed by atoms with Gasteiger partial charge < -0.3 is 15.4 Å². The van der Waals surface area contributed by atoms with Crippen molar-refractivity contribution in [1.29, 1.82) is 0 Å². The number of rotatable bonds is 3. The molecule has 2 saturated heterocycles. The summed E-state index contributed by atoms with van der Waals surface area (Å²) in [4.78, 5) is 14.2. The van der Waals surface area contributed by atoms with Gasteiger partial charge in [0.15, 0.2) is 0 Å². The van der Waals surface area contributed by atoms with Gasteiger partial charge in [-0.3, -0.25) is 9.69 Å². The molecule has 1 amide bonds. The molecule has 2 aliphatic rings. The molecule has 17 heavy (non-hydrogen) atoms. The Balaban J connectivity index is 2.07. The van der Waals surface area contributed by atoms with Crippen molar-refractivity contribution >= 4 is 5.91 Å². The Hall–Kier alpha value is -0.650. The zero-order valence-electron chi connectivity index (χ0n) is 10.7. The van der Waals surface area contributed by atoms with Gasteiger partial charge >= 0.3 is 0 Å². The highest BCUT2D eigenvalue weighted by Gasteiger charge is 2.38. The molecule has 0 radical (unpaired) electrons. The first-order valence-electron chi connectivity index (χ1n) is 6.53. The van der Waals surface area contributed by atoms with Crippen LogP contribution in [0.3, 0.4) is 0 Å². The summed E-state index contributed by atoms with van der Waals surface area (Å²) in [6, 6.07) is 0.360. The number of hydrogen-bond donors (Lipinski definition) is 2. The maximum absolute atomic E-state index is 11.9. The second kappa shape index (κ2) is 5.80. The van der Waals surface area contributed by atoms with Gasteiger partial charge in [0.25, 0.3) is 0 Å². The molecule has 0 spiro atoms. The van der Waals surface area contributed by atoms with E-state index >= 15 is 0 Å². The normalized spacial score (nSPS) is 34.8. The van der Waals surface area contributed by atoms with Crippen LogP contribution in [-0.2, 0) is 9.53 Å². The quantitative estimate of drug-likeness (QED) is 0.695. The Morgan fingerprint density at radius 3 is 3.06 bits per heavy atom. The van der Waals surface area contributed by atoms with Crippen LogP contribution in [0.4, 0.5) is 0 Å². The minimum absolute atomic E-state index is 0.0754. The van der Waals surface area contributed by atoms with Gasteiger partial charge in [-0.2, -0.15) is 0 Å². The molecule has 98 valence electrons. The molecule has 0 saturated carbocycles. The van der Waals surface area contributed by atoms with Gasteiger partial charge in [0.05, 0.1) is 13.2 Å². The van der Waals surface area contributed by atoms with E-state index in [1.165, 1.54) is 0 Å². The number of carbonyl (C=O) groups is 1. The van der Waals surface area contributed by atoms with Gasteiger partial charge in [0.2, 0.25) is 5.91 Å². The van der Waals surface area contributed by atoms with Gasteiger partial charge in [-0.15, -0.1) is 0 Å². The zero-order valence-corrected chi connectivity index (χ0v) is 10.7. The number of nitrogens with one attached hydrogen (secondary N) is 2. The summed E-state index contributed by atoms with van der Waals surface area (Å²) < 4.78 is 5.44. The maximum atomic E-state index is 11.9. The third kappa shape index (κ3) is 2.61. The number of amides is 1. The van der Waals surface area contributed by atoms with Crippen LogP contribution < -0.4 is 10.6 Å². The third-order valence-corrected chi connectivity index (χ3v) is 3.97. The molecule has 0 aromatic rings. The summed E-state index contributed by atoms with van der Waals surface area (Å²) in [5, 5.41) is 6.17. The molecule has 5 nitrogen and oxygen atoms in total. The van der Waals surface area contributed by atoms with E-state index in [0.717, 1.165) is 32.7 Å². The van der Waals surface area contributed by atoms with Crippen LogP contribution in [0.2, 0.25) is 0 Å². The van der Waals surface area contributed by atoms with Crippen molar-refractivity contribution in [3.63, 3.8) is 0 Å². The van der Waals surface area contributed by atoms with Crippen LogP contribution >= 0.6 is 0 Å². The molecular weight excluding hydrogens is 218 g/mol. The van der Waals surface area contributed by atoms with Gasteiger partial charge in [-0.25, -0.2) is 0 Å². The second-order valence-corrected chi connectivity index (χ2v) is 4.84. The number of nitrogens with zero attached hydrogens (tertiary/aromatic N) is 1. The van der Waals surface area contributed by atoms with Gasteiger partial charge in [0, 0.05) is 26.2 Å². The van der Waals surface area contributed by atoms with Gasteiger partial charge in [-0.05, 0) is 12.5 Å². The van der Waals surface area contributed by atoms with Crippen LogP contribution in [0.1, 0.15) is 13.3 Å². The Morgan fingerprint density at radius 2 is 2.35 bits per heavy atom. The van der Waals surface area contributed by atoms with Crippen LogP contribution in [0.5, 0.6) is 0 Å². The minimum Gasteiger partial charge on any atom is -0.378 e. The molecule has 0 aliphatic carbocycles. The first-order chi connectivity index (χ1) is 8.27. The number of ether oxygens (including phenoxy) is 1. The van der Waals surface area contributed by atoms with E-state index in [-0.39, 0.29) is 11.9 Å². The van der Waals surface area contributed by atoms with Crippen molar-refractivity contribution in [1.82, 2.24) is 15.5 Å². The lowest BCUT2D eigenvalue weighted by atomic mass is 9.97. The fraction of sp³-hybridized carbons (Fsp3) is 0.917. The lowest BCUT2D eigenvalue weighted by Gasteiger charge is -2.40. The van der Waals surface area contributed by atoms with Crippen molar-refractivity contribution in [2.24, 2.45) is 5.92 Å². The predicted octanol–water partition coefficient (Wildman–Crippen LogP) is -0.569. The predicted molar refractivity (Wildman–Crippen MR) is 65.8 cm³/mol. The summed E-state index contributed by atoms with van der Waals surface area (Å²) in [6.45, 7) is 6.40. The molecule has 3 atom stereocenters. The average Bonchev–Trinajstić information content (AvgIpc) is 2.86. The van der Waals surface area contributed by atoms with E-state index in [2.05, 4.69) is 22.5 Å². The summed E-state index contributed by atoms with van der Waals surface area (Å²) in [7, 11) is 1.69. The molecule has 0 aromatic carbocycles. The number of morpholine rings is 1. The number of carbonyl (C=O) groups excluding carboxylic acids is 1. The van der Waals surface area contributed by atoms with Crippen LogP contribution in [0.25, 0.3) is 0 Å². The highest BCUT2D eigenvalue weighted by Crippen LogP contribution is 2.23. The molecule has 2 rings (SSSR count). The lowest BCUT2D eigenvalue weighted by molar-refractivity contribution is -0.134. The third-order valence-electron chi connectivity index (χ3n) is 3.97. The van der Waals surface area contributed by atoms with E-state index in [1.54, 1.807) is 7.05 Å². The molecule has 0 bridgehead atoms. The molecular formula is C12H23N3O2. The van der Waals surface area contributed by atoms with Crippen LogP contribution in [0, 0.1) is 5.92 Å². The first-order valence-corrected chi connectivity index (χ1v) is 6.53. The van der Waals surface area contributed by atoms with Crippen molar-refractivity contribution in [3.8, 4) is 0 Å². The Bertz CT molecular complexity index is 272. The maximum Gasteiger partial charge on any atom is 0.239 e. The van der Waals surface area contributed by atoms with E-state index in [0.29, 0.717) is 18.6 Å². The van der Waals surface area contributed by atoms with Crippen LogP contribution in [-0.4, -0.2) is 62.8 Å². The van der Waals surface area contributed by atoms with Crippen molar-refractivity contribution in [3.05, 3.63) is 0 Å². The first kappa shape index (κ1) is 12.8. The smallest absolute Gasteiger partial charge is 0.239 e. The summed E-state index contributed by atoms with van der Waals surface area (Å²) in [5.41, 5.74) is 0. The monoisotopic (exact) mass is 241 g/mol.